The molecule has 3 rings (SSSR count). The summed E-state index contributed by atoms with van der Waals surface area (Å²) in [5, 5.41) is 15.1. The molecule has 0 radical (unpaired) electrons. The lowest BCUT2D eigenvalue weighted by Gasteiger charge is -2.23. The Bertz CT molecular complexity index is 1130. The first-order valence-corrected chi connectivity index (χ1v) is 11.8. The van der Waals surface area contributed by atoms with E-state index >= 15 is 0 Å². The molecule has 6 heteroatoms. The zero-order chi connectivity index (χ0) is 25.2. The lowest BCUT2D eigenvalue weighted by Crippen LogP contribution is -2.43. The lowest BCUT2D eigenvalue weighted by molar-refractivity contribution is -0.141. The molecule has 0 fully saturated rings. The maximum Gasteiger partial charge on any atom is 0.304 e. The standard InChI is InChI=1S/C29H32N2O4/c1-20(2)16-25(18-26(32)33)28(34)31-27(29(35)30-19-21-10-5-3-6-11-21)24-15-9-14-23(17-24)22-12-7-4-8-13-22/h3-15,17,20,25,27H,16,18-19H2,1-2H3,(H,30,35)(H,31,34)(H,32,33)/t25-,27?/m1/s1. The number of hydrogen-bond donors (Lipinski definition) is 3. The van der Waals surface area contributed by atoms with E-state index < -0.39 is 23.8 Å². The van der Waals surface area contributed by atoms with E-state index in [-0.39, 0.29) is 18.2 Å². The number of benzene rings is 3. The summed E-state index contributed by atoms with van der Waals surface area (Å²) in [6.45, 7) is 4.19. The van der Waals surface area contributed by atoms with Gasteiger partial charge in [-0.25, -0.2) is 0 Å². The van der Waals surface area contributed by atoms with Crippen molar-refractivity contribution in [2.75, 3.05) is 0 Å². The molecule has 35 heavy (non-hydrogen) atoms. The van der Waals surface area contributed by atoms with Crippen molar-refractivity contribution in [3.8, 4) is 11.1 Å². The minimum Gasteiger partial charge on any atom is -0.481 e. The Kier molecular flexibility index (Phi) is 9.18. The fourth-order valence-corrected chi connectivity index (χ4v) is 4.04. The summed E-state index contributed by atoms with van der Waals surface area (Å²) < 4.78 is 0. The number of carboxylic acids is 1. The van der Waals surface area contributed by atoms with Crippen LogP contribution < -0.4 is 10.6 Å². The van der Waals surface area contributed by atoms with Crippen LogP contribution >= 0.6 is 0 Å². The lowest BCUT2D eigenvalue weighted by atomic mass is 9.92. The van der Waals surface area contributed by atoms with Crippen LogP contribution in [0, 0.1) is 11.8 Å². The second kappa shape index (κ2) is 12.5. The molecule has 3 aromatic rings. The van der Waals surface area contributed by atoms with Gasteiger partial charge in [0.2, 0.25) is 11.8 Å². The van der Waals surface area contributed by atoms with E-state index in [0.717, 1.165) is 16.7 Å². The van der Waals surface area contributed by atoms with E-state index in [9.17, 15) is 19.5 Å². The van der Waals surface area contributed by atoms with Gasteiger partial charge in [-0.2, -0.15) is 0 Å². The molecule has 182 valence electrons. The topological polar surface area (TPSA) is 95.5 Å². The van der Waals surface area contributed by atoms with Crippen molar-refractivity contribution in [1.29, 1.82) is 0 Å². The number of hydrogen-bond acceptors (Lipinski definition) is 3. The van der Waals surface area contributed by atoms with E-state index in [1.165, 1.54) is 0 Å². The molecule has 0 spiro atoms. The zero-order valence-electron chi connectivity index (χ0n) is 20.1. The highest BCUT2D eigenvalue weighted by Crippen LogP contribution is 2.25. The van der Waals surface area contributed by atoms with Crippen LogP contribution in [0.3, 0.4) is 0 Å². The number of aliphatic carboxylic acids is 1. The van der Waals surface area contributed by atoms with E-state index in [4.69, 9.17) is 0 Å². The number of rotatable bonds is 11. The third kappa shape index (κ3) is 7.81. The Morgan fingerprint density at radius 2 is 1.43 bits per heavy atom. The van der Waals surface area contributed by atoms with Crippen LogP contribution in [0.2, 0.25) is 0 Å². The third-order valence-electron chi connectivity index (χ3n) is 5.73. The maximum absolute atomic E-state index is 13.3. The SMILES string of the molecule is CC(C)C[C@H](CC(=O)O)C(=O)NC(C(=O)NCc1ccccc1)c1cccc(-c2ccccc2)c1. The smallest absolute Gasteiger partial charge is 0.304 e. The highest BCUT2D eigenvalue weighted by molar-refractivity contribution is 5.91. The minimum absolute atomic E-state index is 0.136. The fraction of sp³-hybridized carbons (Fsp3) is 0.276. The molecule has 6 nitrogen and oxygen atoms in total. The second-order valence-corrected chi connectivity index (χ2v) is 9.06. The summed E-state index contributed by atoms with van der Waals surface area (Å²) in [5.74, 6) is -2.43. The largest absolute Gasteiger partial charge is 0.481 e. The molecule has 0 aromatic heterocycles. The van der Waals surface area contributed by atoms with Crippen LogP contribution in [0.1, 0.15) is 43.9 Å². The molecule has 2 atom stereocenters. The molecular formula is C29H32N2O4. The Morgan fingerprint density at radius 1 is 0.800 bits per heavy atom. The molecule has 0 saturated carbocycles. The number of nitrogens with one attached hydrogen (secondary N) is 2. The average molecular weight is 473 g/mol. The van der Waals surface area contributed by atoms with Gasteiger partial charge in [-0.15, -0.1) is 0 Å². The fourth-order valence-electron chi connectivity index (χ4n) is 4.04. The molecule has 0 aliphatic carbocycles. The van der Waals surface area contributed by atoms with Crippen molar-refractivity contribution in [2.24, 2.45) is 11.8 Å². The van der Waals surface area contributed by atoms with Gasteiger partial charge in [-0.05, 0) is 40.7 Å². The zero-order valence-corrected chi connectivity index (χ0v) is 20.1. The summed E-state index contributed by atoms with van der Waals surface area (Å²) in [5.41, 5.74) is 3.48. The first kappa shape index (κ1) is 25.7. The van der Waals surface area contributed by atoms with Gasteiger partial charge in [-0.3, -0.25) is 14.4 Å². The monoisotopic (exact) mass is 472 g/mol. The summed E-state index contributed by atoms with van der Waals surface area (Å²) in [7, 11) is 0. The Labute approximate surface area is 206 Å². The van der Waals surface area contributed by atoms with Gasteiger partial charge in [0.15, 0.2) is 0 Å². The van der Waals surface area contributed by atoms with Crippen molar-refractivity contribution in [3.63, 3.8) is 0 Å². The number of amides is 2. The van der Waals surface area contributed by atoms with Crippen LogP contribution in [0.15, 0.2) is 84.9 Å². The van der Waals surface area contributed by atoms with Gasteiger partial charge in [0.25, 0.3) is 0 Å². The number of carboxylic acid groups (broad SMARTS) is 1. The second-order valence-electron chi connectivity index (χ2n) is 9.06. The Morgan fingerprint density at radius 3 is 2.06 bits per heavy atom. The van der Waals surface area contributed by atoms with Gasteiger partial charge in [0.1, 0.15) is 6.04 Å². The van der Waals surface area contributed by atoms with Crippen LogP contribution in [-0.4, -0.2) is 22.9 Å². The predicted molar refractivity (Wildman–Crippen MR) is 136 cm³/mol. The van der Waals surface area contributed by atoms with Crippen LogP contribution in [0.5, 0.6) is 0 Å². The van der Waals surface area contributed by atoms with Crippen molar-refractivity contribution in [3.05, 3.63) is 96.1 Å². The van der Waals surface area contributed by atoms with Crippen LogP contribution in [0.25, 0.3) is 11.1 Å². The van der Waals surface area contributed by atoms with Crippen molar-refractivity contribution < 1.29 is 19.5 Å². The molecule has 1 unspecified atom stereocenters. The van der Waals surface area contributed by atoms with E-state index in [0.29, 0.717) is 18.5 Å². The normalized spacial score (nSPS) is 12.5. The van der Waals surface area contributed by atoms with Crippen LogP contribution in [-0.2, 0) is 20.9 Å². The van der Waals surface area contributed by atoms with Crippen molar-refractivity contribution in [1.82, 2.24) is 10.6 Å². The molecule has 0 saturated heterocycles. The molecule has 0 heterocycles. The Balaban J connectivity index is 1.88. The van der Waals surface area contributed by atoms with Gasteiger partial charge in [0.05, 0.1) is 6.42 Å². The first-order chi connectivity index (χ1) is 16.8. The molecule has 0 bridgehead atoms. The van der Waals surface area contributed by atoms with E-state index in [2.05, 4.69) is 10.6 Å². The van der Waals surface area contributed by atoms with Gasteiger partial charge in [-0.1, -0.05) is 92.7 Å². The third-order valence-corrected chi connectivity index (χ3v) is 5.73. The first-order valence-electron chi connectivity index (χ1n) is 11.8. The van der Waals surface area contributed by atoms with Gasteiger partial charge < -0.3 is 15.7 Å². The van der Waals surface area contributed by atoms with E-state index in [1.54, 1.807) is 6.07 Å². The Hall–Kier alpha value is -3.93. The van der Waals surface area contributed by atoms with Gasteiger partial charge >= 0.3 is 5.97 Å². The predicted octanol–water partition coefficient (Wildman–Crippen LogP) is 4.96. The van der Waals surface area contributed by atoms with Crippen LogP contribution in [0.4, 0.5) is 0 Å². The molecule has 2 amide bonds. The number of carbonyl (C=O) groups excluding carboxylic acids is 2. The molecule has 0 aliphatic heterocycles. The molecule has 0 aliphatic rings. The summed E-state index contributed by atoms with van der Waals surface area (Å²) in [6.07, 6.45) is 0.132. The quantitative estimate of drug-likeness (QED) is 0.367. The van der Waals surface area contributed by atoms with Crippen molar-refractivity contribution in [2.45, 2.75) is 39.3 Å². The summed E-state index contributed by atoms with van der Waals surface area (Å²) in [6, 6.07) is 25.8. The molecular weight excluding hydrogens is 440 g/mol. The van der Waals surface area contributed by atoms with Gasteiger partial charge in [0, 0.05) is 12.5 Å². The molecule has 3 N–H and O–H groups in total. The van der Waals surface area contributed by atoms with Crippen molar-refractivity contribution >= 4 is 17.8 Å². The summed E-state index contributed by atoms with van der Waals surface area (Å²) >= 11 is 0. The molecule has 3 aromatic carbocycles. The average Bonchev–Trinajstić information content (AvgIpc) is 2.86. The van der Waals surface area contributed by atoms with E-state index in [1.807, 2.05) is 92.7 Å². The minimum atomic E-state index is -1.04. The highest BCUT2D eigenvalue weighted by atomic mass is 16.4. The highest BCUT2D eigenvalue weighted by Gasteiger charge is 2.29. The number of carbonyl (C=O) groups is 3. The summed E-state index contributed by atoms with van der Waals surface area (Å²) in [4.78, 5) is 37.9. The maximum atomic E-state index is 13.3.